The van der Waals surface area contributed by atoms with Crippen molar-refractivity contribution < 1.29 is 9.59 Å². The van der Waals surface area contributed by atoms with Crippen LogP contribution in [0.15, 0.2) is 24.3 Å². The number of hydrogen-bond acceptors (Lipinski definition) is 4. The maximum atomic E-state index is 11.9. The van der Waals surface area contributed by atoms with Crippen LogP contribution < -0.4 is 22.5 Å². The Morgan fingerprint density at radius 2 is 1.95 bits per heavy atom. The highest BCUT2D eigenvalue weighted by Gasteiger charge is 2.23. The molecule has 0 unspecified atom stereocenters. The van der Waals surface area contributed by atoms with Gasteiger partial charge in [-0.3, -0.25) is 20.4 Å². The number of hydrogen-bond donors (Lipinski definition) is 5. The van der Waals surface area contributed by atoms with Crippen LogP contribution in [0.25, 0.3) is 10.9 Å². The molecule has 0 bridgehead atoms. The molecule has 1 aromatic heterocycles. The van der Waals surface area contributed by atoms with E-state index in [2.05, 4.69) is 10.4 Å². The van der Waals surface area contributed by atoms with Gasteiger partial charge in [0.15, 0.2) is 0 Å². The number of aryl methyl sites for hydroxylation is 1. The molecule has 7 heteroatoms. The SMILES string of the molecule is Cc1[nH]c2ccccc2c1C[C@@H](CC(=O)NN)C(=O)NN. The Morgan fingerprint density at radius 1 is 1.24 bits per heavy atom. The van der Waals surface area contributed by atoms with Gasteiger partial charge in [0.1, 0.15) is 0 Å². The number of aromatic nitrogens is 1. The molecule has 0 aliphatic rings. The standard InChI is InChI=1S/C14H19N5O2/c1-8-11(10-4-2-3-5-12(10)17-8)6-9(14(21)19-16)7-13(20)18-15/h2-5,9,17H,6-7,15-16H2,1H3,(H,18,20)(H,19,21)/t9-/m0/s1. The van der Waals surface area contributed by atoms with E-state index in [1.165, 1.54) is 0 Å². The lowest BCUT2D eigenvalue weighted by Crippen LogP contribution is -2.40. The number of nitrogens with two attached hydrogens (primary N) is 2. The number of benzene rings is 1. The van der Waals surface area contributed by atoms with Gasteiger partial charge in [0.2, 0.25) is 11.8 Å². The van der Waals surface area contributed by atoms with Crippen molar-refractivity contribution in [3.05, 3.63) is 35.5 Å². The van der Waals surface area contributed by atoms with Crippen molar-refractivity contribution in [1.29, 1.82) is 0 Å². The molecule has 7 N–H and O–H groups in total. The number of rotatable bonds is 5. The highest BCUT2D eigenvalue weighted by Crippen LogP contribution is 2.25. The van der Waals surface area contributed by atoms with E-state index in [1.807, 2.05) is 36.6 Å². The molecule has 0 saturated heterocycles. The summed E-state index contributed by atoms with van der Waals surface area (Å²) in [5, 5.41) is 1.04. The van der Waals surface area contributed by atoms with Crippen LogP contribution >= 0.6 is 0 Å². The third-order valence-corrected chi connectivity index (χ3v) is 3.58. The van der Waals surface area contributed by atoms with Gasteiger partial charge >= 0.3 is 0 Å². The lowest BCUT2D eigenvalue weighted by Gasteiger charge is -2.14. The quantitative estimate of drug-likeness (QED) is 0.302. The minimum Gasteiger partial charge on any atom is -0.358 e. The number of aromatic amines is 1. The third kappa shape index (κ3) is 3.21. The van der Waals surface area contributed by atoms with Crippen molar-refractivity contribution in [3.63, 3.8) is 0 Å². The molecule has 112 valence electrons. The molecule has 0 aliphatic heterocycles. The Kier molecular flexibility index (Phi) is 4.56. The molecule has 1 atom stereocenters. The molecule has 7 nitrogen and oxygen atoms in total. The van der Waals surface area contributed by atoms with Gasteiger partial charge in [-0.15, -0.1) is 0 Å². The summed E-state index contributed by atoms with van der Waals surface area (Å²) < 4.78 is 0. The van der Waals surface area contributed by atoms with Gasteiger partial charge in [0.05, 0.1) is 5.92 Å². The van der Waals surface area contributed by atoms with E-state index in [0.29, 0.717) is 6.42 Å². The van der Waals surface area contributed by atoms with Crippen molar-refractivity contribution in [2.75, 3.05) is 0 Å². The number of amides is 2. The van der Waals surface area contributed by atoms with Gasteiger partial charge in [-0.25, -0.2) is 11.7 Å². The van der Waals surface area contributed by atoms with Crippen LogP contribution in [0.5, 0.6) is 0 Å². The number of carbonyl (C=O) groups is 2. The van der Waals surface area contributed by atoms with Crippen LogP contribution in [-0.4, -0.2) is 16.8 Å². The van der Waals surface area contributed by atoms with Crippen molar-refractivity contribution >= 4 is 22.7 Å². The van der Waals surface area contributed by atoms with E-state index in [0.717, 1.165) is 22.2 Å². The largest absolute Gasteiger partial charge is 0.358 e. The highest BCUT2D eigenvalue weighted by atomic mass is 16.2. The van der Waals surface area contributed by atoms with E-state index >= 15 is 0 Å². The van der Waals surface area contributed by atoms with Gasteiger partial charge in [-0.2, -0.15) is 0 Å². The second-order valence-electron chi connectivity index (χ2n) is 4.96. The Balaban J connectivity index is 2.31. The molecule has 1 aromatic carbocycles. The van der Waals surface area contributed by atoms with E-state index < -0.39 is 11.8 Å². The van der Waals surface area contributed by atoms with E-state index in [9.17, 15) is 9.59 Å². The molecule has 1 heterocycles. The monoisotopic (exact) mass is 289 g/mol. The molecule has 0 saturated carbocycles. The molecule has 0 radical (unpaired) electrons. The molecule has 0 aliphatic carbocycles. The molecular weight excluding hydrogens is 270 g/mol. The maximum Gasteiger partial charge on any atom is 0.237 e. The summed E-state index contributed by atoms with van der Waals surface area (Å²) >= 11 is 0. The number of para-hydroxylation sites is 1. The predicted molar refractivity (Wildman–Crippen MR) is 79.5 cm³/mol. The maximum absolute atomic E-state index is 11.9. The zero-order valence-electron chi connectivity index (χ0n) is 11.8. The first-order chi connectivity index (χ1) is 10.1. The predicted octanol–water partition coefficient (Wildman–Crippen LogP) is 0.00492. The van der Waals surface area contributed by atoms with Crippen LogP contribution in [0.1, 0.15) is 17.7 Å². The molecular formula is C14H19N5O2. The summed E-state index contributed by atoms with van der Waals surface area (Å²) in [7, 11) is 0. The molecule has 2 amide bonds. The minimum atomic E-state index is -0.573. The van der Waals surface area contributed by atoms with Crippen molar-refractivity contribution in [2.45, 2.75) is 19.8 Å². The first-order valence-electron chi connectivity index (χ1n) is 6.63. The smallest absolute Gasteiger partial charge is 0.237 e. The lowest BCUT2D eigenvalue weighted by atomic mass is 9.93. The van der Waals surface area contributed by atoms with Crippen molar-refractivity contribution in [1.82, 2.24) is 15.8 Å². The van der Waals surface area contributed by atoms with E-state index in [-0.39, 0.29) is 12.3 Å². The fourth-order valence-electron chi connectivity index (χ4n) is 2.50. The average Bonchev–Trinajstić information content (AvgIpc) is 2.81. The fourth-order valence-corrected chi connectivity index (χ4v) is 2.50. The summed E-state index contributed by atoms with van der Waals surface area (Å²) in [6.07, 6.45) is 0.394. The molecule has 2 rings (SSSR count). The van der Waals surface area contributed by atoms with Gasteiger partial charge in [0.25, 0.3) is 0 Å². The van der Waals surface area contributed by atoms with Crippen LogP contribution in [0.4, 0.5) is 0 Å². The Hall–Kier alpha value is -2.38. The second kappa shape index (κ2) is 6.38. The Bertz CT molecular complexity index is 664. The summed E-state index contributed by atoms with van der Waals surface area (Å²) in [4.78, 5) is 26.6. The van der Waals surface area contributed by atoms with Gasteiger partial charge in [-0.1, -0.05) is 18.2 Å². The minimum absolute atomic E-state index is 0.0154. The highest BCUT2D eigenvalue weighted by molar-refractivity contribution is 5.88. The zero-order valence-corrected chi connectivity index (χ0v) is 11.8. The van der Waals surface area contributed by atoms with Crippen LogP contribution in [0.2, 0.25) is 0 Å². The summed E-state index contributed by atoms with van der Waals surface area (Å²) in [6, 6.07) is 7.82. The van der Waals surface area contributed by atoms with Crippen LogP contribution in [-0.2, 0) is 16.0 Å². The normalized spacial score (nSPS) is 12.1. The molecule has 2 aromatic rings. The van der Waals surface area contributed by atoms with Gasteiger partial charge < -0.3 is 4.98 Å². The number of fused-ring (bicyclic) bond motifs is 1. The molecule has 0 spiro atoms. The second-order valence-corrected chi connectivity index (χ2v) is 4.96. The van der Waals surface area contributed by atoms with E-state index in [4.69, 9.17) is 11.7 Å². The number of H-pyrrole nitrogens is 1. The van der Waals surface area contributed by atoms with E-state index in [1.54, 1.807) is 0 Å². The zero-order chi connectivity index (χ0) is 15.4. The third-order valence-electron chi connectivity index (χ3n) is 3.58. The van der Waals surface area contributed by atoms with Gasteiger partial charge in [-0.05, 0) is 25.0 Å². The number of nitrogens with one attached hydrogen (secondary N) is 3. The van der Waals surface area contributed by atoms with Crippen LogP contribution in [0.3, 0.4) is 0 Å². The molecule has 21 heavy (non-hydrogen) atoms. The Labute approximate surface area is 122 Å². The fraction of sp³-hybridized carbons (Fsp3) is 0.286. The summed E-state index contributed by atoms with van der Waals surface area (Å²) in [6.45, 7) is 1.94. The van der Waals surface area contributed by atoms with Crippen LogP contribution in [0, 0.1) is 12.8 Å². The first kappa shape index (κ1) is 15.0. The number of hydrazine groups is 2. The van der Waals surface area contributed by atoms with Gasteiger partial charge in [0, 0.05) is 23.0 Å². The average molecular weight is 289 g/mol. The molecule has 0 fully saturated rings. The number of carbonyl (C=O) groups excluding carboxylic acids is 2. The summed E-state index contributed by atoms with van der Waals surface area (Å²) in [5.41, 5.74) is 7.12. The van der Waals surface area contributed by atoms with Crippen molar-refractivity contribution in [2.24, 2.45) is 17.6 Å². The summed E-state index contributed by atoms with van der Waals surface area (Å²) in [5.74, 6) is 8.93. The topological polar surface area (TPSA) is 126 Å². The first-order valence-corrected chi connectivity index (χ1v) is 6.63. The van der Waals surface area contributed by atoms with Crippen molar-refractivity contribution in [3.8, 4) is 0 Å². The Morgan fingerprint density at radius 3 is 2.62 bits per heavy atom. The lowest BCUT2D eigenvalue weighted by molar-refractivity contribution is -0.130.